The summed E-state index contributed by atoms with van der Waals surface area (Å²) in [4.78, 5) is 14.7. The number of anilines is 1. The third-order valence-electron chi connectivity index (χ3n) is 2.12. The SMILES string of the molecule is Nc1cccc(C(=O)c2ccc[nH]2)c1Cl. The number of aromatic amines is 1. The third-order valence-corrected chi connectivity index (χ3v) is 2.54. The van der Waals surface area contributed by atoms with Crippen LogP contribution in [-0.2, 0) is 0 Å². The maximum Gasteiger partial charge on any atom is 0.210 e. The van der Waals surface area contributed by atoms with Crippen molar-refractivity contribution in [1.29, 1.82) is 0 Å². The van der Waals surface area contributed by atoms with E-state index in [1.807, 2.05) is 0 Å². The summed E-state index contributed by atoms with van der Waals surface area (Å²) in [6.45, 7) is 0. The Kier molecular flexibility index (Phi) is 2.47. The van der Waals surface area contributed by atoms with Gasteiger partial charge in [-0.2, -0.15) is 0 Å². The number of nitrogens with one attached hydrogen (secondary N) is 1. The third kappa shape index (κ3) is 1.74. The smallest absolute Gasteiger partial charge is 0.210 e. The second-order valence-corrected chi connectivity index (χ2v) is 3.50. The van der Waals surface area contributed by atoms with Crippen molar-refractivity contribution in [3.63, 3.8) is 0 Å². The molecule has 0 unspecified atom stereocenters. The number of rotatable bonds is 2. The number of H-pyrrole nitrogens is 1. The molecular weight excluding hydrogens is 212 g/mol. The van der Waals surface area contributed by atoms with Crippen LogP contribution in [0.25, 0.3) is 0 Å². The van der Waals surface area contributed by atoms with Crippen LogP contribution >= 0.6 is 11.6 Å². The van der Waals surface area contributed by atoms with E-state index in [1.54, 1.807) is 36.5 Å². The summed E-state index contributed by atoms with van der Waals surface area (Å²) >= 11 is 5.95. The fourth-order valence-corrected chi connectivity index (χ4v) is 1.55. The van der Waals surface area contributed by atoms with E-state index in [4.69, 9.17) is 17.3 Å². The average Bonchev–Trinajstić information content (AvgIpc) is 2.74. The van der Waals surface area contributed by atoms with Gasteiger partial charge < -0.3 is 10.7 Å². The highest BCUT2D eigenvalue weighted by atomic mass is 35.5. The molecule has 0 aliphatic carbocycles. The first-order valence-corrected chi connectivity index (χ1v) is 4.80. The second kappa shape index (κ2) is 3.79. The molecular formula is C11H9ClN2O. The van der Waals surface area contributed by atoms with E-state index >= 15 is 0 Å². The standard InChI is InChI=1S/C11H9ClN2O/c12-10-7(3-1-4-8(10)13)11(15)9-5-2-6-14-9/h1-6,14H,13H2. The minimum Gasteiger partial charge on any atom is -0.398 e. The highest BCUT2D eigenvalue weighted by molar-refractivity contribution is 6.37. The molecule has 0 radical (unpaired) electrons. The van der Waals surface area contributed by atoms with Crippen molar-refractivity contribution in [3.8, 4) is 0 Å². The molecule has 0 spiro atoms. The van der Waals surface area contributed by atoms with Gasteiger partial charge in [-0.25, -0.2) is 0 Å². The van der Waals surface area contributed by atoms with Crippen molar-refractivity contribution >= 4 is 23.1 Å². The van der Waals surface area contributed by atoms with Crippen LogP contribution in [0, 0.1) is 0 Å². The first-order chi connectivity index (χ1) is 7.20. The number of hydrogen-bond donors (Lipinski definition) is 2. The number of ketones is 1. The first kappa shape index (κ1) is 9.80. The summed E-state index contributed by atoms with van der Waals surface area (Å²) in [5.41, 5.74) is 6.95. The van der Waals surface area contributed by atoms with Crippen molar-refractivity contribution in [2.45, 2.75) is 0 Å². The predicted molar refractivity (Wildman–Crippen MR) is 60.1 cm³/mol. The van der Waals surface area contributed by atoms with E-state index < -0.39 is 0 Å². The van der Waals surface area contributed by atoms with Gasteiger partial charge in [0.2, 0.25) is 5.78 Å². The Balaban J connectivity index is 2.47. The van der Waals surface area contributed by atoms with Crippen molar-refractivity contribution in [3.05, 3.63) is 52.8 Å². The molecule has 0 amide bonds. The molecule has 2 rings (SSSR count). The molecule has 0 aliphatic rings. The summed E-state index contributed by atoms with van der Waals surface area (Å²) in [6.07, 6.45) is 1.69. The second-order valence-electron chi connectivity index (χ2n) is 3.12. The van der Waals surface area contributed by atoms with Crippen molar-refractivity contribution < 1.29 is 4.79 Å². The Morgan fingerprint density at radius 2 is 2.07 bits per heavy atom. The zero-order chi connectivity index (χ0) is 10.8. The number of nitrogen functional groups attached to an aromatic ring is 1. The minimum absolute atomic E-state index is 0.155. The molecule has 0 saturated heterocycles. The maximum absolute atomic E-state index is 11.9. The molecule has 1 heterocycles. The van der Waals surface area contributed by atoms with E-state index in [-0.39, 0.29) is 5.78 Å². The summed E-state index contributed by atoms with van der Waals surface area (Å²) in [5, 5.41) is 0.303. The van der Waals surface area contributed by atoms with Crippen LogP contribution < -0.4 is 5.73 Å². The van der Waals surface area contributed by atoms with Gasteiger partial charge in [-0.05, 0) is 24.3 Å². The van der Waals surface area contributed by atoms with Crippen molar-refractivity contribution in [2.75, 3.05) is 5.73 Å². The van der Waals surface area contributed by atoms with Gasteiger partial charge >= 0.3 is 0 Å². The number of halogens is 1. The highest BCUT2D eigenvalue weighted by Gasteiger charge is 2.14. The van der Waals surface area contributed by atoms with Gasteiger partial charge in [-0.1, -0.05) is 17.7 Å². The van der Waals surface area contributed by atoms with Crippen LogP contribution in [0.4, 0.5) is 5.69 Å². The topological polar surface area (TPSA) is 58.9 Å². The Labute approximate surface area is 91.9 Å². The Morgan fingerprint density at radius 3 is 2.73 bits per heavy atom. The van der Waals surface area contributed by atoms with E-state index in [0.717, 1.165) is 0 Å². The summed E-state index contributed by atoms with van der Waals surface area (Å²) < 4.78 is 0. The van der Waals surface area contributed by atoms with E-state index in [2.05, 4.69) is 4.98 Å². The minimum atomic E-state index is -0.155. The molecule has 3 N–H and O–H groups in total. The lowest BCUT2D eigenvalue weighted by Crippen LogP contribution is -2.03. The molecule has 0 bridgehead atoms. The van der Waals surface area contributed by atoms with Crippen LogP contribution in [0.5, 0.6) is 0 Å². The fourth-order valence-electron chi connectivity index (χ4n) is 1.34. The lowest BCUT2D eigenvalue weighted by molar-refractivity contribution is 0.103. The molecule has 0 aliphatic heterocycles. The molecule has 1 aromatic heterocycles. The van der Waals surface area contributed by atoms with Crippen molar-refractivity contribution in [2.24, 2.45) is 0 Å². The Bertz CT molecular complexity index is 491. The molecule has 3 nitrogen and oxygen atoms in total. The van der Waals surface area contributed by atoms with E-state index in [9.17, 15) is 4.79 Å². The van der Waals surface area contributed by atoms with Crippen LogP contribution in [0.2, 0.25) is 5.02 Å². The summed E-state index contributed by atoms with van der Waals surface area (Å²) in [7, 11) is 0. The lowest BCUT2D eigenvalue weighted by atomic mass is 10.1. The zero-order valence-corrected chi connectivity index (χ0v) is 8.58. The molecule has 0 saturated carbocycles. The predicted octanol–water partition coefficient (Wildman–Crippen LogP) is 2.48. The monoisotopic (exact) mass is 220 g/mol. The van der Waals surface area contributed by atoms with Gasteiger partial charge in [0.25, 0.3) is 0 Å². The quantitative estimate of drug-likeness (QED) is 0.604. The maximum atomic E-state index is 11.9. The van der Waals surface area contributed by atoms with Crippen molar-refractivity contribution in [1.82, 2.24) is 4.98 Å². The van der Waals surface area contributed by atoms with Crippen LogP contribution in [0.15, 0.2) is 36.5 Å². The molecule has 15 heavy (non-hydrogen) atoms. The van der Waals surface area contributed by atoms with Gasteiger partial charge in [0.05, 0.1) is 16.4 Å². The number of benzene rings is 1. The Morgan fingerprint density at radius 1 is 1.27 bits per heavy atom. The molecule has 0 fully saturated rings. The van der Waals surface area contributed by atoms with Crippen LogP contribution in [0.1, 0.15) is 16.1 Å². The number of nitrogens with two attached hydrogens (primary N) is 1. The molecule has 76 valence electrons. The zero-order valence-electron chi connectivity index (χ0n) is 7.83. The van der Waals surface area contributed by atoms with Crippen LogP contribution in [0.3, 0.4) is 0 Å². The number of aromatic nitrogens is 1. The summed E-state index contributed by atoms with van der Waals surface area (Å²) in [6, 6.07) is 8.47. The van der Waals surface area contributed by atoms with Gasteiger partial charge in [0.1, 0.15) is 0 Å². The van der Waals surface area contributed by atoms with Gasteiger partial charge in [-0.15, -0.1) is 0 Å². The number of carbonyl (C=O) groups excluding carboxylic acids is 1. The molecule has 2 aromatic rings. The largest absolute Gasteiger partial charge is 0.398 e. The number of hydrogen-bond acceptors (Lipinski definition) is 2. The van der Waals surface area contributed by atoms with Gasteiger partial charge in [0, 0.05) is 11.8 Å². The first-order valence-electron chi connectivity index (χ1n) is 4.42. The van der Waals surface area contributed by atoms with Crippen LogP contribution in [-0.4, -0.2) is 10.8 Å². The van der Waals surface area contributed by atoms with E-state index in [0.29, 0.717) is 22.0 Å². The fraction of sp³-hybridized carbons (Fsp3) is 0. The Hall–Kier alpha value is -1.74. The normalized spacial score (nSPS) is 10.2. The molecule has 1 aromatic carbocycles. The average molecular weight is 221 g/mol. The number of carbonyl (C=O) groups is 1. The lowest BCUT2D eigenvalue weighted by Gasteiger charge is -2.03. The highest BCUT2D eigenvalue weighted by Crippen LogP contribution is 2.24. The van der Waals surface area contributed by atoms with Gasteiger partial charge in [-0.3, -0.25) is 4.79 Å². The summed E-state index contributed by atoms with van der Waals surface area (Å²) in [5.74, 6) is -0.155. The molecule has 0 atom stereocenters. The van der Waals surface area contributed by atoms with Gasteiger partial charge in [0.15, 0.2) is 0 Å². The van der Waals surface area contributed by atoms with E-state index in [1.165, 1.54) is 0 Å². The molecule has 4 heteroatoms.